The molecule has 0 fully saturated rings. The first-order valence-electron chi connectivity index (χ1n) is 2.53. The summed E-state index contributed by atoms with van der Waals surface area (Å²) < 4.78 is 0. The van der Waals surface area contributed by atoms with Crippen LogP contribution in [0.5, 0.6) is 0 Å². The minimum atomic E-state index is -1.57. The number of carboxylic acids is 1. The van der Waals surface area contributed by atoms with Gasteiger partial charge in [0.15, 0.2) is 0 Å². The molecule has 0 aromatic carbocycles. The first-order chi connectivity index (χ1) is 5.07. The van der Waals surface area contributed by atoms with Crippen molar-refractivity contribution in [1.82, 2.24) is 0 Å². The van der Waals surface area contributed by atoms with Crippen molar-refractivity contribution in [3.63, 3.8) is 0 Å². The van der Waals surface area contributed by atoms with Crippen molar-refractivity contribution in [2.75, 3.05) is 0 Å². The summed E-state index contributed by atoms with van der Waals surface area (Å²) >= 11 is 5.19. The Kier molecular flexibility index (Phi) is 3.98. The Labute approximate surface area is 67.4 Å². The first-order valence-corrected chi connectivity index (χ1v) is 2.91. The van der Waals surface area contributed by atoms with Crippen molar-refractivity contribution in [3.8, 4) is 0 Å². The zero-order valence-electron chi connectivity index (χ0n) is 5.32. The maximum absolute atomic E-state index is 10.3. The fourth-order valence-electron chi connectivity index (χ4n) is 0.270. The van der Waals surface area contributed by atoms with Gasteiger partial charge in [-0.3, -0.25) is 4.79 Å². The molecule has 0 saturated heterocycles. The molecule has 0 saturated carbocycles. The Balaban J connectivity index is 4.15. The number of rotatable bonds is 3. The molecule has 0 aromatic heterocycles. The summed E-state index contributed by atoms with van der Waals surface area (Å²) in [7, 11) is 0. The molecule has 0 spiro atoms. The Morgan fingerprint density at radius 3 is 2.18 bits per heavy atom. The van der Waals surface area contributed by atoms with Crippen molar-refractivity contribution in [1.29, 1.82) is 0 Å². The molecular formula is C6H5ClO4. The second-order valence-corrected chi connectivity index (χ2v) is 1.95. The van der Waals surface area contributed by atoms with Gasteiger partial charge >= 0.3 is 5.97 Å². The third-order valence-electron chi connectivity index (χ3n) is 0.728. The number of ketones is 1. The lowest BCUT2D eigenvalue weighted by molar-refractivity contribution is -0.146. The number of allylic oxidation sites excluding steroid dienone is 2. The van der Waals surface area contributed by atoms with Crippen LogP contribution in [0.4, 0.5) is 0 Å². The average Bonchev–Trinajstić information content (AvgIpc) is 1.99. The topological polar surface area (TPSA) is 74.6 Å². The van der Waals surface area contributed by atoms with Crippen LogP contribution in [0, 0.1) is 0 Å². The third kappa shape index (κ3) is 4.16. The molecule has 0 atom stereocenters. The summed E-state index contributed by atoms with van der Waals surface area (Å²) in [6.45, 7) is 0. The molecule has 0 aromatic rings. The van der Waals surface area contributed by atoms with Gasteiger partial charge in [0.25, 0.3) is 5.78 Å². The molecule has 0 unspecified atom stereocenters. The Bertz CT molecular complexity index is 229. The van der Waals surface area contributed by atoms with E-state index < -0.39 is 11.8 Å². The van der Waals surface area contributed by atoms with Crippen LogP contribution in [-0.4, -0.2) is 22.0 Å². The number of carboxylic acid groups (broad SMARTS) is 1. The Morgan fingerprint density at radius 2 is 1.82 bits per heavy atom. The van der Waals surface area contributed by atoms with Crippen molar-refractivity contribution < 1.29 is 19.8 Å². The van der Waals surface area contributed by atoms with Gasteiger partial charge in [-0.25, -0.2) is 4.79 Å². The van der Waals surface area contributed by atoms with Gasteiger partial charge in [-0.15, -0.1) is 0 Å². The summed E-state index contributed by atoms with van der Waals surface area (Å²) in [4.78, 5) is 20.2. The van der Waals surface area contributed by atoms with Gasteiger partial charge in [-0.1, -0.05) is 11.6 Å². The Hall–Kier alpha value is -1.29. The molecule has 0 aliphatic carbocycles. The van der Waals surface area contributed by atoms with E-state index in [0.29, 0.717) is 6.26 Å². The second-order valence-electron chi connectivity index (χ2n) is 1.52. The predicted molar refractivity (Wildman–Crippen MR) is 38.3 cm³/mol. The van der Waals surface area contributed by atoms with E-state index in [1.165, 1.54) is 0 Å². The van der Waals surface area contributed by atoms with Crippen LogP contribution in [0.2, 0.25) is 0 Å². The van der Waals surface area contributed by atoms with Crippen LogP contribution in [-0.2, 0) is 9.59 Å². The van der Waals surface area contributed by atoms with Crippen LogP contribution in [0.15, 0.2) is 23.4 Å². The lowest BCUT2D eigenvalue weighted by atomic mass is 10.3. The molecule has 0 heterocycles. The van der Waals surface area contributed by atoms with E-state index in [4.69, 9.17) is 21.8 Å². The first kappa shape index (κ1) is 9.71. The fraction of sp³-hybridized carbons (Fsp3) is 0. The number of aliphatic carboxylic acids is 1. The van der Waals surface area contributed by atoms with Gasteiger partial charge in [-0.2, -0.15) is 0 Å². The van der Waals surface area contributed by atoms with E-state index in [0.717, 1.165) is 12.2 Å². The van der Waals surface area contributed by atoms with E-state index in [2.05, 4.69) is 0 Å². The summed E-state index contributed by atoms with van der Waals surface area (Å²) in [6.07, 6.45) is 2.28. The number of hydrogen-bond acceptors (Lipinski definition) is 3. The number of hydrogen-bond donors (Lipinski definition) is 2. The molecule has 2 N–H and O–H groups in total. The van der Waals surface area contributed by atoms with E-state index >= 15 is 0 Å². The highest BCUT2D eigenvalue weighted by molar-refractivity contribution is 6.38. The second kappa shape index (κ2) is 4.51. The fourth-order valence-corrected chi connectivity index (χ4v) is 0.333. The van der Waals surface area contributed by atoms with Gasteiger partial charge in [-0.05, 0) is 12.2 Å². The molecule has 0 aliphatic rings. The van der Waals surface area contributed by atoms with Crippen LogP contribution < -0.4 is 0 Å². The summed E-state index contributed by atoms with van der Waals surface area (Å²) in [5.41, 5.74) is 0. The molecule has 0 bridgehead atoms. The number of carbonyl (C=O) groups excluding carboxylic acids is 1. The maximum atomic E-state index is 10.3. The molecule has 0 amide bonds. The highest BCUT2D eigenvalue weighted by Gasteiger charge is 2.05. The number of halogens is 1. The van der Waals surface area contributed by atoms with Crippen LogP contribution >= 0.6 is 11.6 Å². The largest absolute Gasteiger partial charge is 0.514 e. The lowest BCUT2D eigenvalue weighted by Crippen LogP contribution is -2.08. The van der Waals surface area contributed by atoms with Gasteiger partial charge < -0.3 is 10.2 Å². The zero-order chi connectivity index (χ0) is 8.85. The highest BCUT2D eigenvalue weighted by atomic mass is 35.5. The van der Waals surface area contributed by atoms with Crippen molar-refractivity contribution >= 4 is 23.4 Å². The number of aliphatic hydroxyl groups is 1. The monoisotopic (exact) mass is 176 g/mol. The van der Waals surface area contributed by atoms with Gasteiger partial charge in [0.2, 0.25) is 0 Å². The SMILES string of the molecule is O=C(O)C(=O)C=CC(Cl)=CO. The van der Waals surface area contributed by atoms with Crippen molar-refractivity contribution in [2.45, 2.75) is 0 Å². The molecule has 0 radical (unpaired) electrons. The molecule has 11 heavy (non-hydrogen) atoms. The van der Waals surface area contributed by atoms with Crippen LogP contribution in [0.3, 0.4) is 0 Å². The number of carbonyl (C=O) groups is 2. The normalized spacial score (nSPS) is 11.9. The molecule has 0 aliphatic heterocycles. The summed E-state index contributed by atoms with van der Waals surface area (Å²) in [5, 5.41) is 16.1. The number of aliphatic hydroxyl groups excluding tert-OH is 1. The van der Waals surface area contributed by atoms with Crippen molar-refractivity contribution in [2.24, 2.45) is 0 Å². The minimum Gasteiger partial charge on any atom is -0.514 e. The van der Waals surface area contributed by atoms with Gasteiger partial charge in [0.05, 0.1) is 11.3 Å². The predicted octanol–water partition coefficient (Wildman–Crippen LogP) is 0.835. The lowest BCUT2D eigenvalue weighted by Gasteiger charge is -1.83. The van der Waals surface area contributed by atoms with Crippen molar-refractivity contribution in [3.05, 3.63) is 23.4 Å². The zero-order valence-corrected chi connectivity index (χ0v) is 6.08. The highest BCUT2D eigenvalue weighted by Crippen LogP contribution is 2.00. The Morgan fingerprint density at radius 1 is 1.27 bits per heavy atom. The maximum Gasteiger partial charge on any atom is 0.376 e. The quantitative estimate of drug-likeness (QED) is 0.289. The van der Waals surface area contributed by atoms with Crippen LogP contribution in [0.25, 0.3) is 0 Å². The average molecular weight is 177 g/mol. The molecule has 60 valence electrons. The summed E-state index contributed by atoms with van der Waals surface area (Å²) in [6, 6.07) is 0. The molecule has 5 heteroatoms. The van der Waals surface area contributed by atoms with E-state index in [-0.39, 0.29) is 5.03 Å². The van der Waals surface area contributed by atoms with E-state index in [1.807, 2.05) is 0 Å². The molecule has 4 nitrogen and oxygen atoms in total. The summed E-state index contributed by atoms with van der Waals surface area (Å²) in [5.74, 6) is -2.66. The van der Waals surface area contributed by atoms with Gasteiger partial charge in [0, 0.05) is 0 Å². The third-order valence-corrected chi connectivity index (χ3v) is 0.952. The van der Waals surface area contributed by atoms with E-state index in [1.54, 1.807) is 0 Å². The molecule has 0 rings (SSSR count). The minimum absolute atomic E-state index is 0.111. The van der Waals surface area contributed by atoms with Gasteiger partial charge in [0.1, 0.15) is 0 Å². The standard InChI is InChI=1S/C6H5ClO4/c7-4(3-8)1-2-5(9)6(10)11/h1-3,8H,(H,10,11). The van der Waals surface area contributed by atoms with Crippen LogP contribution in [0.1, 0.15) is 0 Å². The smallest absolute Gasteiger partial charge is 0.376 e. The van der Waals surface area contributed by atoms with E-state index in [9.17, 15) is 9.59 Å². The molecular weight excluding hydrogens is 172 g/mol.